The van der Waals surface area contributed by atoms with E-state index in [2.05, 4.69) is 54.0 Å². The fraction of sp³-hybridized carbons (Fsp3) is 0.400. The molecule has 1 aromatic heterocycles. The molecular formula is C20H25N2O+. The van der Waals surface area contributed by atoms with E-state index in [1.807, 2.05) is 0 Å². The predicted molar refractivity (Wildman–Crippen MR) is 94.8 cm³/mol. The minimum Gasteiger partial charge on any atom is -0.387 e. The zero-order valence-corrected chi connectivity index (χ0v) is 13.8. The maximum Gasteiger partial charge on any atom is 0.104 e. The van der Waals surface area contributed by atoms with Gasteiger partial charge in [-0.2, -0.15) is 0 Å². The highest BCUT2D eigenvalue weighted by Gasteiger charge is 2.21. The number of nitrogens with zero attached hydrogens (tertiary/aromatic N) is 1. The molecule has 3 heteroatoms. The Morgan fingerprint density at radius 2 is 1.96 bits per heavy atom. The average molecular weight is 309 g/mol. The fourth-order valence-electron chi connectivity index (χ4n) is 4.13. The summed E-state index contributed by atoms with van der Waals surface area (Å²) in [7, 11) is 0. The lowest BCUT2D eigenvalue weighted by atomic mass is 10.1. The van der Waals surface area contributed by atoms with Crippen LogP contribution in [0.5, 0.6) is 0 Å². The van der Waals surface area contributed by atoms with Crippen LogP contribution in [0.3, 0.4) is 0 Å². The monoisotopic (exact) mass is 309 g/mol. The number of aromatic nitrogens is 1. The molecule has 4 rings (SSSR count). The quantitative estimate of drug-likeness (QED) is 0.764. The molecule has 3 nitrogen and oxygen atoms in total. The third-order valence-corrected chi connectivity index (χ3v) is 5.20. The molecule has 2 heterocycles. The van der Waals surface area contributed by atoms with E-state index in [4.69, 9.17) is 0 Å². The highest BCUT2D eigenvalue weighted by atomic mass is 16.3. The van der Waals surface area contributed by atoms with Crippen molar-refractivity contribution < 1.29 is 10.0 Å². The van der Waals surface area contributed by atoms with E-state index in [1.54, 1.807) is 0 Å². The Bertz CT molecular complexity index is 836. The van der Waals surface area contributed by atoms with Crippen LogP contribution in [0.1, 0.15) is 25.3 Å². The molecule has 0 amide bonds. The van der Waals surface area contributed by atoms with Gasteiger partial charge < -0.3 is 14.6 Å². The minimum absolute atomic E-state index is 0.121. The smallest absolute Gasteiger partial charge is 0.104 e. The Labute approximate surface area is 137 Å². The lowest BCUT2D eigenvalue weighted by molar-refractivity contribution is -0.921. The van der Waals surface area contributed by atoms with Crippen LogP contribution in [0.25, 0.3) is 21.8 Å². The summed E-state index contributed by atoms with van der Waals surface area (Å²) < 4.78 is 2.39. The number of benzene rings is 2. The first-order valence-corrected chi connectivity index (χ1v) is 8.77. The number of piperidine rings is 1. The molecule has 23 heavy (non-hydrogen) atoms. The molecule has 0 spiro atoms. The van der Waals surface area contributed by atoms with Crippen LogP contribution in [-0.2, 0) is 13.1 Å². The summed E-state index contributed by atoms with van der Waals surface area (Å²) >= 11 is 0. The minimum atomic E-state index is -0.121. The van der Waals surface area contributed by atoms with Gasteiger partial charge in [0.1, 0.15) is 19.2 Å². The first-order valence-electron chi connectivity index (χ1n) is 8.77. The summed E-state index contributed by atoms with van der Waals surface area (Å²) in [6.45, 7) is 6.27. The average Bonchev–Trinajstić information content (AvgIpc) is 2.88. The largest absolute Gasteiger partial charge is 0.387 e. The van der Waals surface area contributed by atoms with Gasteiger partial charge in [0.25, 0.3) is 0 Å². The molecule has 1 fully saturated rings. The standard InChI is InChI=1S/C20H24N2O/c1-2-22-19-8-4-3-7-17(19)18-12-15(9-10-20(18)22)13-21-11-5-6-16(23)14-21/h3-4,7-10,12,16,23H,2,5-6,11,13-14H2,1H3/p+1/t16-/m0/s1. The Balaban J connectivity index is 1.74. The Morgan fingerprint density at radius 1 is 1.13 bits per heavy atom. The Kier molecular flexibility index (Phi) is 3.83. The van der Waals surface area contributed by atoms with Crippen molar-refractivity contribution in [3.63, 3.8) is 0 Å². The lowest BCUT2D eigenvalue weighted by Gasteiger charge is -2.27. The summed E-state index contributed by atoms with van der Waals surface area (Å²) in [6.07, 6.45) is 1.98. The number of aliphatic hydroxyl groups excluding tert-OH is 1. The number of aliphatic hydroxyl groups is 1. The molecule has 1 saturated heterocycles. The summed E-state index contributed by atoms with van der Waals surface area (Å²) in [5.74, 6) is 0. The number of hydrogen-bond donors (Lipinski definition) is 2. The van der Waals surface area contributed by atoms with Gasteiger partial charge in [0.15, 0.2) is 0 Å². The number of quaternary nitrogens is 1. The van der Waals surface area contributed by atoms with Gasteiger partial charge in [0, 0.05) is 33.9 Å². The van der Waals surface area contributed by atoms with Crippen LogP contribution in [0.2, 0.25) is 0 Å². The van der Waals surface area contributed by atoms with Crippen LogP contribution in [0, 0.1) is 0 Å². The van der Waals surface area contributed by atoms with Gasteiger partial charge in [-0.05, 0) is 38.0 Å². The van der Waals surface area contributed by atoms with Crippen molar-refractivity contribution in [1.29, 1.82) is 0 Å². The Morgan fingerprint density at radius 3 is 2.78 bits per heavy atom. The summed E-state index contributed by atoms with van der Waals surface area (Å²) in [4.78, 5) is 1.50. The molecule has 120 valence electrons. The molecule has 0 radical (unpaired) electrons. The van der Waals surface area contributed by atoms with Gasteiger partial charge in [-0.3, -0.25) is 0 Å². The molecule has 1 aliphatic rings. The van der Waals surface area contributed by atoms with Crippen LogP contribution in [0.15, 0.2) is 42.5 Å². The third-order valence-electron chi connectivity index (χ3n) is 5.20. The van der Waals surface area contributed by atoms with E-state index in [-0.39, 0.29) is 6.10 Å². The van der Waals surface area contributed by atoms with Crippen molar-refractivity contribution >= 4 is 21.8 Å². The Hall–Kier alpha value is -1.84. The molecule has 0 bridgehead atoms. The molecular weight excluding hydrogens is 284 g/mol. The van der Waals surface area contributed by atoms with Crippen molar-refractivity contribution in [1.82, 2.24) is 4.57 Å². The second-order valence-corrected chi connectivity index (χ2v) is 6.79. The topological polar surface area (TPSA) is 29.6 Å². The molecule has 1 unspecified atom stereocenters. The summed E-state index contributed by atoms with van der Waals surface area (Å²) in [6, 6.07) is 15.6. The number of hydrogen-bond acceptors (Lipinski definition) is 1. The molecule has 2 aromatic carbocycles. The van der Waals surface area contributed by atoms with Crippen molar-refractivity contribution in [3.05, 3.63) is 48.0 Å². The van der Waals surface area contributed by atoms with Gasteiger partial charge >= 0.3 is 0 Å². The molecule has 0 saturated carbocycles. The van der Waals surface area contributed by atoms with E-state index >= 15 is 0 Å². The zero-order valence-electron chi connectivity index (χ0n) is 13.8. The third kappa shape index (κ3) is 2.64. The van der Waals surface area contributed by atoms with Gasteiger partial charge in [-0.1, -0.05) is 24.3 Å². The summed E-state index contributed by atoms with van der Waals surface area (Å²) in [5, 5.41) is 12.6. The highest BCUT2D eigenvalue weighted by molar-refractivity contribution is 6.08. The molecule has 1 aliphatic heterocycles. The number of para-hydroxylation sites is 1. The van der Waals surface area contributed by atoms with Crippen molar-refractivity contribution in [3.8, 4) is 0 Å². The van der Waals surface area contributed by atoms with E-state index < -0.39 is 0 Å². The second-order valence-electron chi connectivity index (χ2n) is 6.79. The maximum absolute atomic E-state index is 9.88. The predicted octanol–water partition coefficient (Wildman–Crippen LogP) is 2.35. The van der Waals surface area contributed by atoms with E-state index in [1.165, 1.54) is 38.8 Å². The van der Waals surface area contributed by atoms with Gasteiger partial charge in [-0.25, -0.2) is 0 Å². The number of nitrogens with one attached hydrogen (secondary N) is 1. The lowest BCUT2D eigenvalue weighted by Crippen LogP contribution is -3.12. The number of likely N-dealkylation sites (tertiary alicyclic amines) is 1. The van der Waals surface area contributed by atoms with Crippen LogP contribution in [0.4, 0.5) is 0 Å². The van der Waals surface area contributed by atoms with E-state index in [0.29, 0.717) is 0 Å². The van der Waals surface area contributed by atoms with Crippen LogP contribution >= 0.6 is 0 Å². The molecule has 2 N–H and O–H groups in total. The van der Waals surface area contributed by atoms with Crippen molar-refractivity contribution in [2.24, 2.45) is 0 Å². The first-order chi connectivity index (χ1) is 11.3. The van der Waals surface area contributed by atoms with Crippen molar-refractivity contribution in [2.75, 3.05) is 13.1 Å². The van der Waals surface area contributed by atoms with Gasteiger partial charge in [0.2, 0.25) is 0 Å². The fourth-order valence-corrected chi connectivity index (χ4v) is 4.13. The zero-order chi connectivity index (χ0) is 15.8. The normalized spacial score (nSPS) is 22.0. The highest BCUT2D eigenvalue weighted by Crippen LogP contribution is 2.29. The number of aryl methyl sites for hydroxylation is 1. The maximum atomic E-state index is 9.88. The van der Waals surface area contributed by atoms with Gasteiger partial charge in [-0.15, -0.1) is 0 Å². The molecule has 3 aromatic rings. The second kappa shape index (κ2) is 5.99. The van der Waals surface area contributed by atoms with E-state index in [0.717, 1.165) is 32.5 Å². The summed E-state index contributed by atoms with van der Waals surface area (Å²) in [5.41, 5.74) is 4.02. The SMILES string of the molecule is CCn1c2ccccc2c2cc(C[NH+]3CCC[C@H](O)C3)ccc21. The molecule has 2 atom stereocenters. The number of rotatable bonds is 3. The van der Waals surface area contributed by atoms with Crippen LogP contribution < -0.4 is 4.90 Å². The van der Waals surface area contributed by atoms with Crippen LogP contribution in [-0.4, -0.2) is 28.9 Å². The number of fused-ring (bicyclic) bond motifs is 3. The van der Waals surface area contributed by atoms with Gasteiger partial charge in [0.05, 0.1) is 6.54 Å². The van der Waals surface area contributed by atoms with Crippen molar-refractivity contribution in [2.45, 2.75) is 39.0 Å². The van der Waals surface area contributed by atoms with E-state index in [9.17, 15) is 5.11 Å². The molecule has 0 aliphatic carbocycles. The first kappa shape index (κ1) is 14.7.